The molecule has 7 nitrogen and oxygen atoms in total. The van der Waals surface area contributed by atoms with Gasteiger partial charge in [-0.05, 0) is 25.8 Å². The standard InChI is InChI=1S/C20H31N5O2/c1-5-21-19(23-14-20(4,26)16-10-7-6-8-11-16)22-13-9-12-17-24-18(15(2)3)25-27-17/h6-8,10-11,15,26H,5,9,12-14H2,1-4H3,(H2,21,22,23). The maximum atomic E-state index is 10.7. The van der Waals surface area contributed by atoms with Crippen molar-refractivity contribution in [3.63, 3.8) is 0 Å². The lowest BCUT2D eigenvalue weighted by atomic mass is 9.96. The summed E-state index contributed by atoms with van der Waals surface area (Å²) in [6, 6.07) is 9.58. The van der Waals surface area contributed by atoms with Gasteiger partial charge in [-0.15, -0.1) is 0 Å². The molecule has 0 aliphatic carbocycles. The zero-order valence-electron chi connectivity index (χ0n) is 16.7. The Kier molecular flexibility index (Phi) is 7.79. The number of benzene rings is 1. The quantitative estimate of drug-likeness (QED) is 0.355. The Morgan fingerprint density at radius 2 is 2.00 bits per heavy atom. The highest BCUT2D eigenvalue weighted by Gasteiger charge is 2.22. The summed E-state index contributed by atoms with van der Waals surface area (Å²) < 4.78 is 5.25. The number of aryl methyl sites for hydroxylation is 1. The summed E-state index contributed by atoms with van der Waals surface area (Å²) in [6.07, 6.45) is 1.56. The van der Waals surface area contributed by atoms with E-state index in [0.717, 1.165) is 30.9 Å². The van der Waals surface area contributed by atoms with Crippen LogP contribution >= 0.6 is 0 Å². The van der Waals surface area contributed by atoms with Crippen molar-refractivity contribution in [2.45, 2.75) is 52.1 Å². The highest BCUT2D eigenvalue weighted by molar-refractivity contribution is 5.79. The fourth-order valence-electron chi connectivity index (χ4n) is 2.51. The molecule has 0 aliphatic heterocycles. The van der Waals surface area contributed by atoms with E-state index in [1.165, 1.54) is 0 Å². The minimum atomic E-state index is -1.01. The van der Waals surface area contributed by atoms with Crippen LogP contribution in [0.15, 0.2) is 39.8 Å². The molecule has 0 radical (unpaired) electrons. The Balaban J connectivity index is 1.84. The minimum absolute atomic E-state index is 0.269. The van der Waals surface area contributed by atoms with Gasteiger partial charge in [-0.25, -0.2) is 4.99 Å². The Bertz CT molecular complexity index is 710. The molecule has 1 atom stereocenters. The van der Waals surface area contributed by atoms with Crippen molar-refractivity contribution in [2.75, 3.05) is 19.6 Å². The summed E-state index contributed by atoms with van der Waals surface area (Å²) in [5.74, 6) is 2.36. The van der Waals surface area contributed by atoms with Crippen LogP contribution in [0.3, 0.4) is 0 Å². The summed E-state index contributed by atoms with van der Waals surface area (Å²) in [5.41, 5.74) is -0.164. The largest absolute Gasteiger partial charge is 0.384 e. The first-order valence-electron chi connectivity index (χ1n) is 9.55. The zero-order valence-corrected chi connectivity index (χ0v) is 16.7. The zero-order chi connectivity index (χ0) is 19.7. The van der Waals surface area contributed by atoms with Crippen molar-refractivity contribution in [1.82, 2.24) is 20.8 Å². The van der Waals surface area contributed by atoms with Crippen molar-refractivity contribution >= 4 is 5.96 Å². The number of hydrogen-bond donors (Lipinski definition) is 3. The molecule has 0 aliphatic rings. The summed E-state index contributed by atoms with van der Waals surface area (Å²) >= 11 is 0. The SMILES string of the molecule is CCNC(=NCC(C)(O)c1ccccc1)NCCCc1nc(C(C)C)no1. The topological polar surface area (TPSA) is 95.6 Å². The summed E-state index contributed by atoms with van der Waals surface area (Å²) in [7, 11) is 0. The smallest absolute Gasteiger partial charge is 0.226 e. The number of nitrogens with one attached hydrogen (secondary N) is 2. The Morgan fingerprint density at radius 1 is 1.26 bits per heavy atom. The molecule has 148 valence electrons. The van der Waals surface area contributed by atoms with Crippen LogP contribution < -0.4 is 10.6 Å². The predicted molar refractivity (Wildman–Crippen MR) is 107 cm³/mol. The van der Waals surface area contributed by atoms with Gasteiger partial charge in [0.05, 0.1) is 6.54 Å². The second-order valence-corrected chi connectivity index (χ2v) is 7.07. The number of hydrogen-bond acceptors (Lipinski definition) is 5. The fraction of sp³-hybridized carbons (Fsp3) is 0.550. The number of rotatable bonds is 9. The molecule has 0 spiro atoms. The van der Waals surface area contributed by atoms with Gasteiger partial charge in [-0.2, -0.15) is 4.98 Å². The first-order valence-corrected chi connectivity index (χ1v) is 9.55. The number of guanidine groups is 1. The molecular formula is C20H31N5O2. The third-order valence-corrected chi connectivity index (χ3v) is 4.15. The first kappa shape index (κ1) is 20.9. The molecule has 2 aromatic rings. The fourth-order valence-corrected chi connectivity index (χ4v) is 2.51. The molecule has 27 heavy (non-hydrogen) atoms. The molecule has 0 saturated carbocycles. The average Bonchev–Trinajstić information content (AvgIpc) is 3.13. The Morgan fingerprint density at radius 3 is 2.63 bits per heavy atom. The van der Waals surface area contributed by atoms with E-state index in [9.17, 15) is 5.11 Å². The molecule has 0 bridgehead atoms. The molecule has 2 rings (SSSR count). The van der Waals surface area contributed by atoms with Crippen LogP contribution in [-0.2, 0) is 12.0 Å². The number of nitrogens with zero attached hydrogens (tertiary/aromatic N) is 3. The second-order valence-electron chi connectivity index (χ2n) is 7.07. The van der Waals surface area contributed by atoms with E-state index in [1.54, 1.807) is 6.92 Å². The number of aliphatic imine (C=N–C) groups is 1. The van der Waals surface area contributed by atoms with E-state index in [2.05, 4.69) is 25.8 Å². The van der Waals surface area contributed by atoms with Gasteiger partial charge < -0.3 is 20.3 Å². The molecule has 0 fully saturated rings. The lowest BCUT2D eigenvalue weighted by Crippen LogP contribution is -2.39. The van der Waals surface area contributed by atoms with Crippen LogP contribution in [0.4, 0.5) is 0 Å². The van der Waals surface area contributed by atoms with E-state index in [0.29, 0.717) is 18.3 Å². The number of aromatic nitrogens is 2. The van der Waals surface area contributed by atoms with Gasteiger partial charge in [0.15, 0.2) is 11.8 Å². The lowest BCUT2D eigenvalue weighted by molar-refractivity contribution is 0.0672. The van der Waals surface area contributed by atoms with Gasteiger partial charge in [-0.1, -0.05) is 49.3 Å². The van der Waals surface area contributed by atoms with E-state index in [4.69, 9.17) is 4.52 Å². The molecular weight excluding hydrogens is 342 g/mol. The summed E-state index contributed by atoms with van der Waals surface area (Å²) in [5, 5.41) is 21.1. The second kappa shape index (κ2) is 10.1. The normalized spacial score (nSPS) is 14.2. The molecule has 1 aromatic carbocycles. The van der Waals surface area contributed by atoms with Crippen molar-refractivity contribution < 1.29 is 9.63 Å². The summed E-state index contributed by atoms with van der Waals surface area (Å²) in [4.78, 5) is 8.91. The lowest BCUT2D eigenvalue weighted by Gasteiger charge is -2.22. The van der Waals surface area contributed by atoms with Crippen LogP contribution in [0.25, 0.3) is 0 Å². The van der Waals surface area contributed by atoms with Crippen molar-refractivity contribution in [2.24, 2.45) is 4.99 Å². The van der Waals surface area contributed by atoms with E-state index in [1.807, 2.05) is 51.1 Å². The third-order valence-electron chi connectivity index (χ3n) is 4.15. The summed E-state index contributed by atoms with van der Waals surface area (Å²) in [6.45, 7) is 9.61. The van der Waals surface area contributed by atoms with Gasteiger partial charge in [0.1, 0.15) is 5.60 Å². The number of aliphatic hydroxyl groups is 1. The van der Waals surface area contributed by atoms with Crippen molar-refractivity contribution in [3.05, 3.63) is 47.6 Å². The Labute approximate surface area is 161 Å². The van der Waals surface area contributed by atoms with Gasteiger partial charge in [0.25, 0.3) is 0 Å². The van der Waals surface area contributed by atoms with Crippen LogP contribution in [-0.4, -0.2) is 40.8 Å². The maximum absolute atomic E-state index is 10.7. The Hall–Kier alpha value is -2.41. The van der Waals surface area contributed by atoms with E-state index in [-0.39, 0.29) is 12.5 Å². The van der Waals surface area contributed by atoms with Gasteiger partial charge >= 0.3 is 0 Å². The first-order chi connectivity index (χ1) is 12.9. The van der Waals surface area contributed by atoms with Crippen LogP contribution in [0, 0.1) is 0 Å². The molecule has 1 heterocycles. The van der Waals surface area contributed by atoms with Gasteiger partial charge in [0.2, 0.25) is 5.89 Å². The molecule has 1 aromatic heterocycles. The molecule has 0 saturated heterocycles. The van der Waals surface area contributed by atoms with Gasteiger partial charge in [-0.3, -0.25) is 0 Å². The van der Waals surface area contributed by atoms with Crippen molar-refractivity contribution in [1.29, 1.82) is 0 Å². The molecule has 7 heteroatoms. The maximum Gasteiger partial charge on any atom is 0.226 e. The highest BCUT2D eigenvalue weighted by atomic mass is 16.5. The third kappa shape index (κ3) is 6.67. The van der Waals surface area contributed by atoms with E-state index < -0.39 is 5.60 Å². The van der Waals surface area contributed by atoms with Crippen LogP contribution in [0.1, 0.15) is 57.3 Å². The van der Waals surface area contributed by atoms with Crippen LogP contribution in [0.2, 0.25) is 0 Å². The van der Waals surface area contributed by atoms with Crippen molar-refractivity contribution in [3.8, 4) is 0 Å². The monoisotopic (exact) mass is 373 g/mol. The molecule has 3 N–H and O–H groups in total. The predicted octanol–water partition coefficient (Wildman–Crippen LogP) is 2.59. The minimum Gasteiger partial charge on any atom is -0.384 e. The highest BCUT2D eigenvalue weighted by Crippen LogP contribution is 2.20. The van der Waals surface area contributed by atoms with Crippen LogP contribution in [0.5, 0.6) is 0 Å². The van der Waals surface area contributed by atoms with E-state index >= 15 is 0 Å². The molecule has 0 amide bonds. The molecule has 1 unspecified atom stereocenters. The average molecular weight is 374 g/mol. The van der Waals surface area contributed by atoms with Gasteiger partial charge in [0, 0.05) is 25.4 Å².